The van der Waals surface area contributed by atoms with Crippen LogP contribution in [-0.4, -0.2) is 11.1 Å². The third-order valence-corrected chi connectivity index (χ3v) is 2.69. The molecule has 1 aromatic carbocycles. The van der Waals surface area contributed by atoms with Crippen LogP contribution in [0.1, 0.15) is 10.4 Å². The molecule has 1 aromatic heterocycles. The molecule has 1 heterocycles. The first-order chi connectivity index (χ1) is 7.27. The van der Waals surface area contributed by atoms with Gasteiger partial charge in [-0.25, -0.2) is 4.79 Å². The molecule has 0 aliphatic carbocycles. The van der Waals surface area contributed by atoms with Crippen molar-refractivity contribution in [1.82, 2.24) is 0 Å². The van der Waals surface area contributed by atoms with E-state index >= 15 is 0 Å². The zero-order valence-corrected chi connectivity index (χ0v) is 8.62. The van der Waals surface area contributed by atoms with Crippen LogP contribution in [-0.2, 0) is 0 Å². The van der Waals surface area contributed by atoms with Gasteiger partial charge in [0.05, 0.1) is 11.3 Å². The fourth-order valence-corrected chi connectivity index (χ4v) is 1.99. The smallest absolute Gasteiger partial charge is 0.338 e. The van der Waals surface area contributed by atoms with Gasteiger partial charge in [0.25, 0.3) is 0 Å². The lowest BCUT2D eigenvalue weighted by Crippen LogP contribution is -1.99. The van der Waals surface area contributed by atoms with E-state index in [9.17, 15) is 4.79 Å². The van der Waals surface area contributed by atoms with Gasteiger partial charge in [-0.2, -0.15) is 0 Å². The molecule has 3 nitrogen and oxygen atoms in total. The molecule has 2 aromatic rings. The van der Waals surface area contributed by atoms with Gasteiger partial charge in [-0.3, -0.25) is 0 Å². The number of aromatic carboxylic acids is 1. The van der Waals surface area contributed by atoms with Crippen molar-refractivity contribution in [2.75, 3.05) is 5.32 Å². The van der Waals surface area contributed by atoms with Crippen molar-refractivity contribution in [1.29, 1.82) is 0 Å². The minimum atomic E-state index is -0.908. The van der Waals surface area contributed by atoms with Crippen molar-refractivity contribution < 1.29 is 9.90 Å². The van der Waals surface area contributed by atoms with Crippen LogP contribution in [0.25, 0.3) is 0 Å². The fourth-order valence-electron chi connectivity index (χ4n) is 1.24. The van der Waals surface area contributed by atoms with Crippen molar-refractivity contribution in [2.45, 2.75) is 0 Å². The van der Waals surface area contributed by atoms with Crippen LogP contribution in [0.4, 0.5) is 11.4 Å². The fraction of sp³-hybridized carbons (Fsp3) is 0. The zero-order chi connectivity index (χ0) is 10.7. The summed E-state index contributed by atoms with van der Waals surface area (Å²) in [5.41, 5.74) is 1.83. The first-order valence-corrected chi connectivity index (χ1v) is 5.33. The maximum absolute atomic E-state index is 10.8. The van der Waals surface area contributed by atoms with E-state index in [4.69, 9.17) is 5.11 Å². The van der Waals surface area contributed by atoms with Crippen molar-refractivity contribution in [3.05, 3.63) is 46.7 Å². The number of anilines is 2. The number of benzene rings is 1. The average molecular weight is 219 g/mol. The second-order valence-corrected chi connectivity index (χ2v) is 3.74. The minimum Gasteiger partial charge on any atom is -0.478 e. The van der Waals surface area contributed by atoms with E-state index < -0.39 is 5.97 Å². The predicted molar refractivity (Wildman–Crippen MR) is 61.0 cm³/mol. The summed E-state index contributed by atoms with van der Waals surface area (Å²) in [4.78, 5) is 10.8. The topological polar surface area (TPSA) is 49.3 Å². The minimum absolute atomic E-state index is 0.309. The number of carboxylic acids is 1. The highest BCUT2D eigenvalue weighted by Gasteiger charge is 2.10. The number of thiophene rings is 1. The zero-order valence-electron chi connectivity index (χ0n) is 7.81. The van der Waals surface area contributed by atoms with Crippen molar-refractivity contribution in [2.24, 2.45) is 0 Å². The Bertz CT molecular complexity index is 464. The van der Waals surface area contributed by atoms with E-state index in [0.717, 1.165) is 5.69 Å². The second-order valence-electron chi connectivity index (χ2n) is 3.00. The molecule has 0 bridgehead atoms. The number of para-hydroxylation sites is 1. The van der Waals surface area contributed by atoms with Crippen LogP contribution < -0.4 is 5.32 Å². The summed E-state index contributed by atoms with van der Waals surface area (Å²) in [6.07, 6.45) is 0. The van der Waals surface area contributed by atoms with E-state index in [1.54, 1.807) is 10.8 Å². The molecule has 15 heavy (non-hydrogen) atoms. The largest absolute Gasteiger partial charge is 0.478 e. The van der Waals surface area contributed by atoms with Crippen LogP contribution in [0.2, 0.25) is 0 Å². The summed E-state index contributed by atoms with van der Waals surface area (Å²) >= 11 is 1.37. The molecule has 0 saturated carbocycles. The Hall–Kier alpha value is -1.81. The normalized spacial score (nSPS) is 9.87. The molecule has 4 heteroatoms. The predicted octanol–water partition coefficient (Wildman–Crippen LogP) is 3.19. The van der Waals surface area contributed by atoms with Crippen LogP contribution >= 0.6 is 11.3 Å². The van der Waals surface area contributed by atoms with Crippen LogP contribution in [0.5, 0.6) is 0 Å². The molecule has 76 valence electrons. The highest BCUT2D eigenvalue weighted by atomic mass is 32.1. The SMILES string of the molecule is O=C(O)c1cscc1Nc1ccccc1. The quantitative estimate of drug-likeness (QED) is 0.833. The summed E-state index contributed by atoms with van der Waals surface area (Å²) in [5, 5.41) is 15.4. The molecule has 0 fully saturated rings. The Morgan fingerprint density at radius 3 is 2.60 bits per heavy atom. The van der Waals surface area contributed by atoms with Crippen molar-refractivity contribution in [3.8, 4) is 0 Å². The highest BCUT2D eigenvalue weighted by Crippen LogP contribution is 2.24. The number of nitrogens with one attached hydrogen (secondary N) is 1. The van der Waals surface area contributed by atoms with E-state index in [1.165, 1.54) is 11.3 Å². The summed E-state index contributed by atoms with van der Waals surface area (Å²) in [6.45, 7) is 0. The summed E-state index contributed by atoms with van der Waals surface area (Å²) in [6, 6.07) is 9.49. The summed E-state index contributed by atoms with van der Waals surface area (Å²) in [5.74, 6) is -0.908. The van der Waals surface area contributed by atoms with E-state index in [-0.39, 0.29) is 0 Å². The van der Waals surface area contributed by atoms with Crippen LogP contribution in [0, 0.1) is 0 Å². The molecule has 0 amide bonds. The highest BCUT2D eigenvalue weighted by molar-refractivity contribution is 7.08. The Balaban J connectivity index is 2.25. The monoisotopic (exact) mass is 219 g/mol. The van der Waals surface area contributed by atoms with Gasteiger partial charge in [-0.15, -0.1) is 11.3 Å². The Labute approximate surface area is 91.0 Å². The molecule has 2 N–H and O–H groups in total. The summed E-state index contributed by atoms with van der Waals surface area (Å²) in [7, 11) is 0. The summed E-state index contributed by atoms with van der Waals surface area (Å²) < 4.78 is 0. The molecule has 0 aliphatic rings. The Morgan fingerprint density at radius 2 is 1.93 bits per heavy atom. The first kappa shape index (κ1) is 9.73. The van der Waals surface area contributed by atoms with Gasteiger partial charge in [0, 0.05) is 16.4 Å². The van der Waals surface area contributed by atoms with Gasteiger partial charge >= 0.3 is 5.97 Å². The molecule has 0 saturated heterocycles. The Kier molecular flexibility index (Phi) is 2.69. The third kappa shape index (κ3) is 2.16. The second kappa shape index (κ2) is 4.14. The molecule has 0 atom stereocenters. The lowest BCUT2D eigenvalue weighted by atomic mass is 10.2. The van der Waals surface area contributed by atoms with E-state index in [2.05, 4.69) is 5.32 Å². The Morgan fingerprint density at radius 1 is 1.20 bits per heavy atom. The van der Waals surface area contributed by atoms with Gasteiger partial charge < -0.3 is 10.4 Å². The first-order valence-electron chi connectivity index (χ1n) is 4.39. The number of carboxylic acid groups (broad SMARTS) is 1. The lowest BCUT2D eigenvalue weighted by Gasteiger charge is -2.04. The van der Waals surface area contributed by atoms with Crippen LogP contribution in [0.15, 0.2) is 41.1 Å². The van der Waals surface area contributed by atoms with Gasteiger partial charge in [0.1, 0.15) is 0 Å². The maximum atomic E-state index is 10.8. The van der Waals surface area contributed by atoms with Crippen molar-refractivity contribution in [3.63, 3.8) is 0 Å². The average Bonchev–Trinajstić information content (AvgIpc) is 2.67. The van der Waals surface area contributed by atoms with Gasteiger partial charge in [0.2, 0.25) is 0 Å². The molecule has 0 aliphatic heterocycles. The molecular formula is C11H9NO2S. The van der Waals surface area contributed by atoms with Gasteiger partial charge in [-0.1, -0.05) is 18.2 Å². The molecule has 0 spiro atoms. The van der Waals surface area contributed by atoms with Crippen LogP contribution in [0.3, 0.4) is 0 Å². The standard InChI is InChI=1S/C11H9NO2S/c13-11(14)9-6-15-7-10(9)12-8-4-2-1-3-5-8/h1-7,12H,(H,13,14). The third-order valence-electron chi connectivity index (χ3n) is 1.95. The molecule has 2 rings (SSSR count). The molecule has 0 radical (unpaired) electrons. The maximum Gasteiger partial charge on any atom is 0.338 e. The number of carbonyl (C=O) groups is 1. The number of hydrogen-bond acceptors (Lipinski definition) is 3. The molecule has 0 unspecified atom stereocenters. The van der Waals surface area contributed by atoms with E-state index in [0.29, 0.717) is 11.3 Å². The number of hydrogen-bond donors (Lipinski definition) is 2. The lowest BCUT2D eigenvalue weighted by molar-refractivity contribution is 0.0698. The molecular weight excluding hydrogens is 210 g/mol. The van der Waals surface area contributed by atoms with Gasteiger partial charge in [-0.05, 0) is 12.1 Å². The van der Waals surface area contributed by atoms with E-state index in [1.807, 2.05) is 30.3 Å². The van der Waals surface area contributed by atoms with Crippen molar-refractivity contribution >= 4 is 28.7 Å². The number of rotatable bonds is 3. The van der Waals surface area contributed by atoms with Gasteiger partial charge in [0.15, 0.2) is 0 Å².